The first-order valence-electron chi connectivity index (χ1n) is 9.11. The number of hydrogen-bond acceptors (Lipinski definition) is 4. The predicted octanol–water partition coefficient (Wildman–Crippen LogP) is 3.99. The molecule has 2 N–H and O–H groups in total. The second-order valence-electron chi connectivity index (χ2n) is 6.64. The van der Waals surface area contributed by atoms with E-state index in [9.17, 15) is 9.59 Å². The van der Waals surface area contributed by atoms with E-state index >= 15 is 0 Å². The third-order valence-corrected chi connectivity index (χ3v) is 4.64. The van der Waals surface area contributed by atoms with Crippen LogP contribution in [0.1, 0.15) is 23.0 Å². The summed E-state index contributed by atoms with van der Waals surface area (Å²) < 4.78 is 0. The molecule has 6 nitrogen and oxygen atoms in total. The number of anilines is 4. The minimum absolute atomic E-state index is 0.138. The highest BCUT2D eigenvalue weighted by molar-refractivity contribution is 6.03. The SMILES string of the molecule is CC(=O)Nc1ccc(NC(=O)c2cc(N3CCc4ccccc43)ccn2)cc1. The van der Waals surface area contributed by atoms with Crippen molar-refractivity contribution in [3.05, 3.63) is 78.1 Å². The Morgan fingerprint density at radius 1 is 0.964 bits per heavy atom. The van der Waals surface area contributed by atoms with Gasteiger partial charge >= 0.3 is 0 Å². The number of rotatable bonds is 4. The zero-order valence-electron chi connectivity index (χ0n) is 15.5. The van der Waals surface area contributed by atoms with E-state index in [1.807, 2.05) is 24.3 Å². The normalized spacial score (nSPS) is 12.4. The second kappa shape index (κ2) is 7.52. The molecule has 2 aromatic carbocycles. The highest BCUT2D eigenvalue weighted by Gasteiger charge is 2.20. The van der Waals surface area contributed by atoms with Gasteiger partial charge in [0, 0.05) is 42.4 Å². The summed E-state index contributed by atoms with van der Waals surface area (Å²) in [6, 6.07) is 19.0. The number of fused-ring (bicyclic) bond motifs is 1. The fraction of sp³-hybridized carbons (Fsp3) is 0.136. The van der Waals surface area contributed by atoms with Gasteiger partial charge in [0.15, 0.2) is 0 Å². The fourth-order valence-electron chi connectivity index (χ4n) is 3.35. The Morgan fingerprint density at radius 2 is 1.68 bits per heavy atom. The first-order chi connectivity index (χ1) is 13.6. The van der Waals surface area contributed by atoms with E-state index in [2.05, 4.69) is 32.7 Å². The molecule has 2 amide bonds. The van der Waals surface area contributed by atoms with Crippen LogP contribution in [0.4, 0.5) is 22.7 Å². The Labute approximate surface area is 163 Å². The minimum Gasteiger partial charge on any atom is -0.341 e. The third-order valence-electron chi connectivity index (χ3n) is 4.64. The average molecular weight is 372 g/mol. The number of pyridine rings is 1. The number of carbonyl (C=O) groups excluding carboxylic acids is 2. The third kappa shape index (κ3) is 3.71. The number of para-hydroxylation sites is 1. The van der Waals surface area contributed by atoms with E-state index in [0.29, 0.717) is 17.1 Å². The number of nitrogens with zero attached hydrogens (tertiary/aromatic N) is 2. The van der Waals surface area contributed by atoms with Crippen LogP contribution in [0.3, 0.4) is 0 Å². The number of benzene rings is 2. The molecular formula is C22H20N4O2. The summed E-state index contributed by atoms with van der Waals surface area (Å²) in [4.78, 5) is 30.1. The maximum Gasteiger partial charge on any atom is 0.274 e. The van der Waals surface area contributed by atoms with Crippen LogP contribution in [0, 0.1) is 0 Å². The van der Waals surface area contributed by atoms with Crippen LogP contribution in [0.25, 0.3) is 0 Å². The Morgan fingerprint density at radius 3 is 2.43 bits per heavy atom. The van der Waals surface area contributed by atoms with Gasteiger partial charge in [0.05, 0.1) is 0 Å². The predicted molar refractivity (Wildman–Crippen MR) is 110 cm³/mol. The second-order valence-corrected chi connectivity index (χ2v) is 6.64. The summed E-state index contributed by atoms with van der Waals surface area (Å²) >= 11 is 0. The van der Waals surface area contributed by atoms with E-state index in [-0.39, 0.29) is 11.8 Å². The minimum atomic E-state index is -0.276. The maximum absolute atomic E-state index is 12.6. The molecule has 0 spiro atoms. The molecule has 0 radical (unpaired) electrons. The lowest BCUT2D eigenvalue weighted by Crippen LogP contribution is -2.17. The molecule has 6 heteroatoms. The highest BCUT2D eigenvalue weighted by atomic mass is 16.2. The van der Waals surface area contributed by atoms with Gasteiger partial charge in [-0.15, -0.1) is 0 Å². The van der Waals surface area contributed by atoms with Gasteiger partial charge in [-0.3, -0.25) is 14.6 Å². The molecule has 0 fully saturated rings. The van der Waals surface area contributed by atoms with Gasteiger partial charge in [-0.25, -0.2) is 0 Å². The number of aromatic nitrogens is 1. The van der Waals surface area contributed by atoms with Gasteiger partial charge in [0.25, 0.3) is 5.91 Å². The van der Waals surface area contributed by atoms with Crippen molar-refractivity contribution in [2.45, 2.75) is 13.3 Å². The van der Waals surface area contributed by atoms with Crippen molar-refractivity contribution in [1.82, 2.24) is 4.98 Å². The van der Waals surface area contributed by atoms with Crippen molar-refractivity contribution in [2.24, 2.45) is 0 Å². The van der Waals surface area contributed by atoms with Crippen LogP contribution >= 0.6 is 0 Å². The monoisotopic (exact) mass is 372 g/mol. The standard InChI is InChI=1S/C22H20N4O2/c1-15(27)24-17-6-8-18(9-7-17)25-22(28)20-14-19(10-12-23-20)26-13-11-16-4-2-3-5-21(16)26/h2-10,12,14H,11,13H2,1H3,(H,24,27)(H,25,28). The largest absolute Gasteiger partial charge is 0.341 e. The van der Waals surface area contributed by atoms with Crippen LogP contribution in [0.5, 0.6) is 0 Å². The van der Waals surface area contributed by atoms with Crippen LogP contribution in [-0.4, -0.2) is 23.3 Å². The van der Waals surface area contributed by atoms with Crippen LogP contribution in [0.2, 0.25) is 0 Å². The molecule has 0 saturated heterocycles. The average Bonchev–Trinajstić information content (AvgIpc) is 3.13. The Balaban J connectivity index is 1.50. The molecule has 0 saturated carbocycles. The van der Waals surface area contributed by atoms with Crippen LogP contribution in [0.15, 0.2) is 66.9 Å². The molecule has 2 heterocycles. The van der Waals surface area contributed by atoms with E-state index < -0.39 is 0 Å². The van der Waals surface area contributed by atoms with Crippen molar-refractivity contribution >= 4 is 34.6 Å². The molecule has 0 aliphatic carbocycles. The number of nitrogens with one attached hydrogen (secondary N) is 2. The molecule has 0 unspecified atom stereocenters. The molecule has 1 aliphatic heterocycles. The van der Waals surface area contributed by atoms with Crippen LogP contribution < -0.4 is 15.5 Å². The van der Waals surface area contributed by atoms with Crippen molar-refractivity contribution < 1.29 is 9.59 Å². The topological polar surface area (TPSA) is 74.3 Å². The van der Waals surface area contributed by atoms with Crippen molar-refractivity contribution in [3.8, 4) is 0 Å². The highest BCUT2D eigenvalue weighted by Crippen LogP contribution is 2.34. The summed E-state index contributed by atoms with van der Waals surface area (Å²) in [5, 5.41) is 5.54. The van der Waals surface area contributed by atoms with Gasteiger partial charge in [-0.05, 0) is 54.4 Å². The molecular weight excluding hydrogens is 352 g/mol. The quantitative estimate of drug-likeness (QED) is 0.726. The lowest BCUT2D eigenvalue weighted by molar-refractivity contribution is -0.114. The van der Waals surface area contributed by atoms with Crippen molar-refractivity contribution in [1.29, 1.82) is 0 Å². The molecule has 1 aliphatic rings. The molecule has 28 heavy (non-hydrogen) atoms. The maximum atomic E-state index is 12.6. The molecule has 4 rings (SSSR count). The Kier molecular flexibility index (Phi) is 4.76. The lowest BCUT2D eigenvalue weighted by Gasteiger charge is -2.19. The van der Waals surface area contributed by atoms with Crippen molar-refractivity contribution in [3.63, 3.8) is 0 Å². The van der Waals surface area contributed by atoms with E-state index in [4.69, 9.17) is 0 Å². The summed E-state index contributed by atoms with van der Waals surface area (Å²) in [5.41, 5.74) is 5.10. The first kappa shape index (κ1) is 17.7. The van der Waals surface area contributed by atoms with E-state index in [1.54, 1.807) is 30.5 Å². The van der Waals surface area contributed by atoms with Gasteiger partial charge in [0.2, 0.25) is 5.91 Å². The van der Waals surface area contributed by atoms with E-state index in [0.717, 1.165) is 18.7 Å². The Hall–Kier alpha value is -3.67. The number of amides is 2. The van der Waals surface area contributed by atoms with Gasteiger partial charge < -0.3 is 15.5 Å². The van der Waals surface area contributed by atoms with Gasteiger partial charge in [-0.1, -0.05) is 18.2 Å². The molecule has 140 valence electrons. The zero-order valence-corrected chi connectivity index (χ0v) is 15.5. The van der Waals surface area contributed by atoms with E-state index in [1.165, 1.54) is 18.2 Å². The van der Waals surface area contributed by atoms with Crippen molar-refractivity contribution in [2.75, 3.05) is 22.1 Å². The van der Waals surface area contributed by atoms with Crippen LogP contribution in [-0.2, 0) is 11.2 Å². The number of hydrogen-bond donors (Lipinski definition) is 2. The zero-order chi connectivity index (χ0) is 19.5. The summed E-state index contributed by atoms with van der Waals surface area (Å²) in [7, 11) is 0. The molecule has 3 aromatic rings. The Bertz CT molecular complexity index is 1030. The fourth-order valence-corrected chi connectivity index (χ4v) is 3.35. The summed E-state index contributed by atoms with van der Waals surface area (Å²) in [6.07, 6.45) is 2.64. The van der Waals surface area contributed by atoms with Gasteiger partial charge in [-0.2, -0.15) is 0 Å². The smallest absolute Gasteiger partial charge is 0.274 e. The summed E-state index contributed by atoms with van der Waals surface area (Å²) in [5.74, 6) is -0.414. The first-order valence-corrected chi connectivity index (χ1v) is 9.11. The molecule has 0 bridgehead atoms. The number of carbonyl (C=O) groups is 2. The summed E-state index contributed by atoms with van der Waals surface area (Å²) in [6.45, 7) is 2.34. The molecule has 0 atom stereocenters. The van der Waals surface area contributed by atoms with Gasteiger partial charge in [0.1, 0.15) is 5.69 Å². The lowest BCUT2D eigenvalue weighted by atomic mass is 10.2. The molecule has 1 aromatic heterocycles.